The number of benzene rings is 1. The Bertz CT molecular complexity index is 620. The van der Waals surface area contributed by atoms with Crippen molar-refractivity contribution in [1.29, 1.82) is 0 Å². The molecule has 1 saturated carbocycles. The molecule has 0 heterocycles. The third-order valence-corrected chi connectivity index (χ3v) is 5.27. The van der Waals surface area contributed by atoms with Crippen LogP contribution in [0, 0.1) is 5.92 Å². The number of hydrogen-bond acceptors (Lipinski definition) is 3. The molecule has 1 aromatic carbocycles. The first-order valence-corrected chi connectivity index (χ1v) is 9.62. The highest BCUT2D eigenvalue weighted by Gasteiger charge is 2.39. The highest BCUT2D eigenvalue weighted by Crippen LogP contribution is 2.44. The van der Waals surface area contributed by atoms with Crippen LogP contribution in [0.15, 0.2) is 18.2 Å². The zero-order valence-electron chi connectivity index (χ0n) is 15.9. The summed E-state index contributed by atoms with van der Waals surface area (Å²) < 4.78 is 11.2. The highest BCUT2D eigenvalue weighted by molar-refractivity contribution is 5.68. The normalized spacial score (nSPS) is 25.5. The fourth-order valence-electron chi connectivity index (χ4n) is 4.34. The lowest BCUT2D eigenvalue weighted by molar-refractivity contribution is 0.0469. The van der Waals surface area contributed by atoms with Crippen LogP contribution in [0.4, 0.5) is 4.79 Å². The molecule has 1 fully saturated rings. The zero-order valence-corrected chi connectivity index (χ0v) is 15.9. The molecular weight excluding hydrogens is 314 g/mol. The number of rotatable bonds is 3. The van der Waals surface area contributed by atoms with E-state index < -0.39 is 5.60 Å². The second-order valence-electron chi connectivity index (χ2n) is 8.32. The second-order valence-corrected chi connectivity index (χ2v) is 8.32. The van der Waals surface area contributed by atoms with Crippen LogP contribution in [0.5, 0.6) is 5.75 Å². The SMILES string of the molecule is CCOc1ccc2c(c1)C1CCCCC(C2)C1NC(=O)OC(C)(C)C. The van der Waals surface area contributed by atoms with E-state index in [9.17, 15) is 4.79 Å². The van der Waals surface area contributed by atoms with Crippen LogP contribution in [0.2, 0.25) is 0 Å². The number of carbonyl (C=O) groups excluding carboxylic acids is 1. The third kappa shape index (κ3) is 4.28. The molecule has 3 rings (SSSR count). The second kappa shape index (κ2) is 7.27. The van der Waals surface area contributed by atoms with E-state index in [0.717, 1.165) is 18.6 Å². The molecule has 25 heavy (non-hydrogen) atoms. The van der Waals surface area contributed by atoms with Gasteiger partial charge in [-0.05, 0) is 76.1 Å². The van der Waals surface area contributed by atoms with Crippen molar-refractivity contribution in [2.45, 2.75) is 77.4 Å². The Balaban J connectivity index is 1.86. The molecule has 3 atom stereocenters. The van der Waals surface area contributed by atoms with Crippen LogP contribution < -0.4 is 10.1 Å². The van der Waals surface area contributed by atoms with Gasteiger partial charge in [0.05, 0.1) is 6.61 Å². The zero-order chi connectivity index (χ0) is 18.0. The molecule has 138 valence electrons. The van der Waals surface area contributed by atoms with E-state index in [-0.39, 0.29) is 12.1 Å². The molecule has 3 unspecified atom stereocenters. The van der Waals surface area contributed by atoms with Crippen molar-refractivity contribution in [3.63, 3.8) is 0 Å². The number of ether oxygens (including phenoxy) is 2. The van der Waals surface area contributed by atoms with Gasteiger partial charge in [-0.15, -0.1) is 0 Å². The minimum Gasteiger partial charge on any atom is -0.494 e. The Morgan fingerprint density at radius 1 is 1.24 bits per heavy atom. The standard InChI is InChI=1S/C21H31NO3/c1-5-24-16-11-10-14-12-15-8-6-7-9-17(18(14)13-16)19(15)22-20(23)25-21(2,3)4/h10-11,13,15,17,19H,5-9,12H2,1-4H3,(H,22,23). The van der Waals surface area contributed by atoms with E-state index in [1.807, 2.05) is 27.7 Å². The predicted molar refractivity (Wildman–Crippen MR) is 99.2 cm³/mol. The molecule has 4 heteroatoms. The van der Waals surface area contributed by atoms with Crippen molar-refractivity contribution < 1.29 is 14.3 Å². The van der Waals surface area contributed by atoms with Gasteiger partial charge in [-0.1, -0.05) is 18.9 Å². The van der Waals surface area contributed by atoms with Crippen LogP contribution in [0.25, 0.3) is 0 Å². The van der Waals surface area contributed by atoms with Crippen LogP contribution >= 0.6 is 0 Å². The summed E-state index contributed by atoms with van der Waals surface area (Å²) in [6.07, 6.45) is 5.46. The summed E-state index contributed by atoms with van der Waals surface area (Å²) in [5, 5.41) is 3.21. The highest BCUT2D eigenvalue weighted by atomic mass is 16.6. The van der Waals surface area contributed by atoms with Gasteiger partial charge in [0, 0.05) is 12.0 Å². The van der Waals surface area contributed by atoms with Crippen molar-refractivity contribution in [2.75, 3.05) is 6.61 Å². The Morgan fingerprint density at radius 3 is 2.72 bits per heavy atom. The number of carbonyl (C=O) groups is 1. The number of fused-ring (bicyclic) bond motifs is 4. The van der Waals surface area contributed by atoms with Crippen LogP contribution in [-0.2, 0) is 11.2 Å². The Morgan fingerprint density at radius 2 is 2.00 bits per heavy atom. The van der Waals surface area contributed by atoms with Crippen molar-refractivity contribution in [3.05, 3.63) is 29.3 Å². The average molecular weight is 345 g/mol. The fraction of sp³-hybridized carbons (Fsp3) is 0.667. The minimum absolute atomic E-state index is 0.154. The molecule has 2 aliphatic rings. The van der Waals surface area contributed by atoms with E-state index in [4.69, 9.17) is 9.47 Å². The molecule has 0 radical (unpaired) electrons. The van der Waals surface area contributed by atoms with Crippen molar-refractivity contribution in [1.82, 2.24) is 5.32 Å². The lowest BCUT2D eigenvalue weighted by atomic mass is 9.72. The first-order valence-electron chi connectivity index (χ1n) is 9.62. The first-order chi connectivity index (χ1) is 11.9. The molecule has 1 aromatic rings. The molecule has 2 bridgehead atoms. The maximum absolute atomic E-state index is 12.4. The Labute approximate surface area is 151 Å². The molecule has 0 saturated heterocycles. The number of amides is 1. The first kappa shape index (κ1) is 18.1. The van der Waals surface area contributed by atoms with Gasteiger partial charge in [0.25, 0.3) is 0 Å². The van der Waals surface area contributed by atoms with E-state index in [1.165, 1.54) is 30.4 Å². The van der Waals surface area contributed by atoms with E-state index >= 15 is 0 Å². The van der Waals surface area contributed by atoms with Gasteiger partial charge in [-0.2, -0.15) is 0 Å². The van der Waals surface area contributed by atoms with Gasteiger partial charge in [-0.25, -0.2) is 4.79 Å². The summed E-state index contributed by atoms with van der Waals surface area (Å²) in [6, 6.07) is 6.64. The number of nitrogens with one attached hydrogen (secondary N) is 1. The Kier molecular flexibility index (Phi) is 5.26. The van der Waals surface area contributed by atoms with E-state index in [1.54, 1.807) is 0 Å². The molecule has 1 amide bonds. The predicted octanol–water partition coefficient (Wildman–Crippen LogP) is 4.81. The molecule has 0 aromatic heterocycles. The molecule has 0 spiro atoms. The van der Waals surface area contributed by atoms with Crippen LogP contribution in [-0.4, -0.2) is 24.3 Å². The summed E-state index contributed by atoms with van der Waals surface area (Å²) in [5.41, 5.74) is 2.30. The average Bonchev–Trinajstić information content (AvgIpc) is 2.64. The lowest BCUT2D eigenvalue weighted by Gasteiger charge is -2.39. The quantitative estimate of drug-likeness (QED) is 0.855. The molecular formula is C21H31NO3. The smallest absolute Gasteiger partial charge is 0.407 e. The summed E-state index contributed by atoms with van der Waals surface area (Å²) in [6.45, 7) is 8.40. The lowest BCUT2D eigenvalue weighted by Crippen LogP contribution is -2.48. The van der Waals surface area contributed by atoms with Gasteiger partial charge < -0.3 is 14.8 Å². The molecule has 2 aliphatic carbocycles. The maximum atomic E-state index is 12.4. The molecule has 1 N–H and O–H groups in total. The van der Waals surface area contributed by atoms with Crippen LogP contribution in [0.3, 0.4) is 0 Å². The van der Waals surface area contributed by atoms with Gasteiger partial charge in [-0.3, -0.25) is 0 Å². The summed E-state index contributed by atoms with van der Waals surface area (Å²) in [7, 11) is 0. The van der Waals surface area contributed by atoms with Gasteiger partial charge in [0.2, 0.25) is 0 Å². The summed E-state index contributed by atoms with van der Waals surface area (Å²) in [5.74, 6) is 1.77. The van der Waals surface area contributed by atoms with Gasteiger partial charge in [0.15, 0.2) is 0 Å². The maximum Gasteiger partial charge on any atom is 0.407 e. The summed E-state index contributed by atoms with van der Waals surface area (Å²) in [4.78, 5) is 12.4. The molecule has 0 aliphatic heterocycles. The number of hydrogen-bond donors (Lipinski definition) is 1. The topological polar surface area (TPSA) is 47.6 Å². The largest absolute Gasteiger partial charge is 0.494 e. The Hall–Kier alpha value is -1.71. The van der Waals surface area contributed by atoms with Crippen LogP contribution in [0.1, 0.15) is 70.4 Å². The summed E-state index contributed by atoms with van der Waals surface area (Å²) >= 11 is 0. The van der Waals surface area contributed by atoms with E-state index in [2.05, 4.69) is 23.5 Å². The van der Waals surface area contributed by atoms with E-state index in [0.29, 0.717) is 18.4 Å². The van der Waals surface area contributed by atoms with Gasteiger partial charge in [0.1, 0.15) is 11.4 Å². The minimum atomic E-state index is -0.468. The van der Waals surface area contributed by atoms with Crippen molar-refractivity contribution in [3.8, 4) is 5.75 Å². The number of alkyl carbamates (subject to hydrolysis) is 1. The van der Waals surface area contributed by atoms with Crippen molar-refractivity contribution in [2.24, 2.45) is 5.92 Å². The monoisotopic (exact) mass is 345 g/mol. The van der Waals surface area contributed by atoms with Crippen molar-refractivity contribution >= 4 is 6.09 Å². The van der Waals surface area contributed by atoms with Gasteiger partial charge >= 0.3 is 6.09 Å². The third-order valence-electron chi connectivity index (χ3n) is 5.27. The fourth-order valence-corrected chi connectivity index (χ4v) is 4.34. The molecule has 4 nitrogen and oxygen atoms in total.